The van der Waals surface area contributed by atoms with Gasteiger partial charge in [0.15, 0.2) is 11.5 Å². The largest absolute Gasteiger partial charge is 0.493 e. The van der Waals surface area contributed by atoms with Gasteiger partial charge >= 0.3 is 0 Å². The average Bonchev–Trinajstić information content (AvgIpc) is 2.83. The Hall–Kier alpha value is -1.48. The summed E-state index contributed by atoms with van der Waals surface area (Å²) in [6, 6.07) is 8.35. The van der Waals surface area contributed by atoms with E-state index < -0.39 is 0 Å². The van der Waals surface area contributed by atoms with Crippen LogP contribution in [-0.4, -0.2) is 38.8 Å². The third-order valence-electron chi connectivity index (χ3n) is 4.69. The fourth-order valence-corrected chi connectivity index (χ4v) is 3.38. The van der Waals surface area contributed by atoms with Gasteiger partial charge in [0.05, 0.1) is 14.2 Å². The molecule has 116 valence electrons. The summed E-state index contributed by atoms with van der Waals surface area (Å²) in [5.41, 5.74) is 0.507. The number of methoxy groups -OCH3 is 2. The van der Waals surface area contributed by atoms with Gasteiger partial charge in [-0.15, -0.1) is 0 Å². The van der Waals surface area contributed by atoms with Crippen LogP contribution in [-0.2, 0) is 0 Å². The van der Waals surface area contributed by atoms with Crippen LogP contribution in [0.5, 0.6) is 11.5 Å². The zero-order chi connectivity index (χ0) is 15.3. The molecule has 1 aromatic rings. The number of rotatable bonds is 2. The average molecular weight is 289 g/mol. The minimum absolute atomic E-state index is 0.507. The lowest BCUT2D eigenvalue weighted by Crippen LogP contribution is -2.36. The predicted molar refractivity (Wildman–Crippen MR) is 87.1 cm³/mol. The molecule has 0 bridgehead atoms. The van der Waals surface area contributed by atoms with Crippen LogP contribution in [0.2, 0.25) is 0 Å². The van der Waals surface area contributed by atoms with Gasteiger partial charge in [0.1, 0.15) is 0 Å². The Balaban J connectivity index is 0.000000155. The van der Waals surface area contributed by atoms with Gasteiger partial charge in [-0.1, -0.05) is 31.2 Å². The van der Waals surface area contributed by atoms with Crippen LogP contribution in [0.25, 0.3) is 0 Å². The smallest absolute Gasteiger partial charge is 0.160 e. The van der Waals surface area contributed by atoms with E-state index in [2.05, 4.69) is 31.0 Å². The van der Waals surface area contributed by atoms with Crippen molar-refractivity contribution in [2.45, 2.75) is 32.2 Å². The molecule has 1 fully saturated rings. The van der Waals surface area contributed by atoms with Gasteiger partial charge in [-0.05, 0) is 45.0 Å². The summed E-state index contributed by atoms with van der Waals surface area (Å²) in [5.74, 6) is 1.54. The number of allylic oxidation sites excluding steroid dienone is 1. The zero-order valence-electron chi connectivity index (χ0n) is 13.6. The third kappa shape index (κ3) is 3.59. The molecule has 21 heavy (non-hydrogen) atoms. The fraction of sp³-hybridized carbons (Fsp3) is 0.556. The molecule has 3 rings (SSSR count). The van der Waals surface area contributed by atoms with Gasteiger partial charge < -0.3 is 14.4 Å². The van der Waals surface area contributed by atoms with E-state index >= 15 is 0 Å². The van der Waals surface area contributed by atoms with Crippen molar-refractivity contribution in [3.63, 3.8) is 0 Å². The van der Waals surface area contributed by atoms with E-state index in [4.69, 9.17) is 9.47 Å². The highest BCUT2D eigenvalue weighted by Crippen LogP contribution is 2.41. The maximum Gasteiger partial charge on any atom is 0.160 e. The Kier molecular flexibility index (Phi) is 5.29. The summed E-state index contributed by atoms with van der Waals surface area (Å²) >= 11 is 0. The van der Waals surface area contributed by atoms with E-state index in [-0.39, 0.29) is 0 Å². The molecule has 0 spiro atoms. The van der Waals surface area contributed by atoms with E-state index in [0.717, 1.165) is 17.5 Å². The van der Waals surface area contributed by atoms with Crippen molar-refractivity contribution in [1.82, 2.24) is 4.90 Å². The van der Waals surface area contributed by atoms with Crippen LogP contribution in [0.15, 0.2) is 36.4 Å². The normalized spacial score (nSPS) is 27.5. The Labute approximate surface area is 128 Å². The number of fused-ring (bicyclic) bond motifs is 1. The van der Waals surface area contributed by atoms with Crippen molar-refractivity contribution in [2.75, 3.05) is 27.8 Å². The molecule has 2 aliphatic rings. The summed E-state index contributed by atoms with van der Waals surface area (Å²) in [6.07, 6.45) is 8.79. The number of hydrogen-bond donors (Lipinski definition) is 0. The second-order valence-electron chi connectivity index (χ2n) is 6.09. The van der Waals surface area contributed by atoms with Crippen molar-refractivity contribution < 1.29 is 9.47 Å². The Morgan fingerprint density at radius 3 is 2.29 bits per heavy atom. The number of para-hydroxylation sites is 2. The lowest BCUT2D eigenvalue weighted by molar-refractivity contribution is 0.215. The maximum absolute atomic E-state index is 5.01. The Morgan fingerprint density at radius 2 is 1.76 bits per heavy atom. The van der Waals surface area contributed by atoms with Gasteiger partial charge in [0, 0.05) is 11.5 Å². The molecule has 1 saturated heterocycles. The molecule has 1 aliphatic carbocycles. The van der Waals surface area contributed by atoms with E-state index in [0.29, 0.717) is 5.41 Å². The number of likely N-dealkylation sites (tertiary alicyclic amines) is 1. The molecular weight excluding hydrogens is 262 g/mol. The third-order valence-corrected chi connectivity index (χ3v) is 4.69. The number of benzene rings is 1. The molecule has 0 saturated carbocycles. The van der Waals surface area contributed by atoms with Crippen LogP contribution >= 0.6 is 0 Å². The number of hydrogen-bond acceptors (Lipinski definition) is 3. The Bertz CT molecular complexity index is 463. The SMILES string of the molecule is CN1CC[C@]2(C)C=CCCC12.COc1ccccc1OC. The summed E-state index contributed by atoms with van der Waals surface area (Å²) in [6.45, 7) is 3.68. The van der Waals surface area contributed by atoms with Crippen molar-refractivity contribution in [1.29, 1.82) is 0 Å². The number of ether oxygens (including phenoxy) is 2. The summed E-state index contributed by atoms with van der Waals surface area (Å²) in [4.78, 5) is 2.52. The van der Waals surface area contributed by atoms with Gasteiger partial charge in [-0.25, -0.2) is 0 Å². The Morgan fingerprint density at radius 1 is 1.14 bits per heavy atom. The summed E-state index contributed by atoms with van der Waals surface area (Å²) in [5, 5.41) is 0. The summed E-state index contributed by atoms with van der Waals surface area (Å²) in [7, 11) is 5.50. The molecule has 1 aromatic carbocycles. The monoisotopic (exact) mass is 289 g/mol. The molecule has 0 aromatic heterocycles. The van der Waals surface area contributed by atoms with E-state index in [1.54, 1.807) is 14.2 Å². The van der Waals surface area contributed by atoms with Crippen LogP contribution in [0, 0.1) is 5.41 Å². The van der Waals surface area contributed by atoms with Gasteiger partial charge in [0.25, 0.3) is 0 Å². The first-order valence-electron chi connectivity index (χ1n) is 7.65. The fourth-order valence-electron chi connectivity index (χ4n) is 3.38. The van der Waals surface area contributed by atoms with Gasteiger partial charge in [0.2, 0.25) is 0 Å². The maximum atomic E-state index is 5.01. The van der Waals surface area contributed by atoms with Crippen LogP contribution in [0.4, 0.5) is 0 Å². The lowest BCUT2D eigenvalue weighted by Gasteiger charge is -2.34. The highest BCUT2D eigenvalue weighted by molar-refractivity contribution is 5.39. The van der Waals surface area contributed by atoms with E-state index in [1.165, 1.54) is 25.8 Å². The first kappa shape index (κ1) is 15.9. The van der Waals surface area contributed by atoms with Crippen LogP contribution in [0.1, 0.15) is 26.2 Å². The molecule has 3 heteroatoms. The molecule has 2 atom stereocenters. The molecule has 0 amide bonds. The van der Waals surface area contributed by atoms with Crippen LogP contribution < -0.4 is 9.47 Å². The highest BCUT2D eigenvalue weighted by atomic mass is 16.5. The number of nitrogens with zero attached hydrogens (tertiary/aromatic N) is 1. The van der Waals surface area contributed by atoms with Crippen molar-refractivity contribution >= 4 is 0 Å². The molecule has 1 unspecified atom stereocenters. The quantitative estimate of drug-likeness (QED) is 0.774. The second kappa shape index (κ2) is 6.99. The first-order chi connectivity index (χ1) is 10.1. The second-order valence-corrected chi connectivity index (χ2v) is 6.09. The van der Waals surface area contributed by atoms with Gasteiger partial charge in [-0.3, -0.25) is 0 Å². The lowest BCUT2D eigenvalue weighted by atomic mass is 9.77. The van der Waals surface area contributed by atoms with Crippen molar-refractivity contribution in [2.24, 2.45) is 5.41 Å². The van der Waals surface area contributed by atoms with Crippen LogP contribution in [0.3, 0.4) is 0 Å². The minimum Gasteiger partial charge on any atom is -0.493 e. The van der Waals surface area contributed by atoms with Gasteiger partial charge in [-0.2, -0.15) is 0 Å². The molecule has 0 N–H and O–H groups in total. The first-order valence-corrected chi connectivity index (χ1v) is 7.65. The minimum atomic E-state index is 0.507. The summed E-state index contributed by atoms with van der Waals surface area (Å²) < 4.78 is 10.0. The molecule has 1 aliphatic heterocycles. The standard InChI is InChI=1S/C10H17N.C8H10O2/c1-10-6-4-3-5-9(10)11(2)8-7-10;1-9-7-5-3-4-6-8(7)10-2/h4,6,9H,3,5,7-8H2,1-2H3;3-6H,1-2H3/t9?,10-;/m0./s1. The van der Waals surface area contributed by atoms with Crippen molar-refractivity contribution in [3.05, 3.63) is 36.4 Å². The molecule has 3 nitrogen and oxygen atoms in total. The van der Waals surface area contributed by atoms with E-state index in [9.17, 15) is 0 Å². The zero-order valence-corrected chi connectivity index (χ0v) is 13.6. The molecule has 1 heterocycles. The van der Waals surface area contributed by atoms with E-state index in [1.807, 2.05) is 24.3 Å². The topological polar surface area (TPSA) is 21.7 Å². The highest BCUT2D eigenvalue weighted by Gasteiger charge is 2.40. The molecule has 0 radical (unpaired) electrons. The van der Waals surface area contributed by atoms with Crippen molar-refractivity contribution in [3.8, 4) is 11.5 Å². The molecular formula is C18H27NO2. The predicted octanol–water partition coefficient (Wildman–Crippen LogP) is 3.75.